The van der Waals surface area contributed by atoms with Gasteiger partial charge in [-0.25, -0.2) is 4.98 Å². The van der Waals surface area contributed by atoms with Crippen molar-refractivity contribution < 1.29 is 4.74 Å². The number of nitrogens with zero attached hydrogens (tertiary/aromatic N) is 4. The molecule has 5 heteroatoms. The van der Waals surface area contributed by atoms with E-state index in [0.29, 0.717) is 6.67 Å². The van der Waals surface area contributed by atoms with Crippen LogP contribution in [0.5, 0.6) is 11.5 Å². The summed E-state index contributed by atoms with van der Waals surface area (Å²) in [5.74, 6) is 2.56. The molecule has 0 amide bonds. The van der Waals surface area contributed by atoms with Gasteiger partial charge in [-0.2, -0.15) is 0 Å². The zero-order valence-corrected chi connectivity index (χ0v) is 50.8. The highest BCUT2D eigenvalue weighted by molar-refractivity contribution is 6.10. The molecule has 1 aliphatic heterocycles. The standard InChI is InChI=1S/C74H86N4O/c1-69(2,3)45-48-29-34-62-60(37-48)61-39-51(46-70(4,5)6)66(44-65(61)78(62)67-42-54(35-36-75-67)73(13,14)15)79-57-26-22-25-56(43-57)76-47-77(64-28-20-19-27-63(64)76)68-58(49-30-32-52(33-31-49)71(7,8)9)40-55(74(16,17)18)41-59(68)50-23-21-24-53(38-50)72(10,11)12/h19-44H,45-47H2,1-18H3. The molecule has 408 valence electrons. The molecule has 0 N–H and O–H groups in total. The zero-order valence-electron chi connectivity index (χ0n) is 50.8. The van der Waals surface area contributed by atoms with Gasteiger partial charge in [0.15, 0.2) is 0 Å². The average Bonchev–Trinajstić information content (AvgIpc) is 3.86. The summed E-state index contributed by atoms with van der Waals surface area (Å²) in [6.07, 6.45) is 3.80. The van der Waals surface area contributed by atoms with E-state index in [-0.39, 0.29) is 32.5 Å². The summed E-state index contributed by atoms with van der Waals surface area (Å²) in [5.41, 5.74) is 19.4. The summed E-state index contributed by atoms with van der Waals surface area (Å²) in [4.78, 5) is 10.1. The van der Waals surface area contributed by atoms with E-state index in [1.54, 1.807) is 0 Å². The van der Waals surface area contributed by atoms with Gasteiger partial charge in [-0.1, -0.05) is 197 Å². The third-order valence-electron chi connectivity index (χ3n) is 15.8. The molecule has 0 saturated heterocycles. The highest BCUT2D eigenvalue weighted by Gasteiger charge is 2.34. The number of anilines is 4. The van der Waals surface area contributed by atoms with Crippen LogP contribution in [0.2, 0.25) is 0 Å². The lowest BCUT2D eigenvalue weighted by Crippen LogP contribution is -2.25. The second-order valence-electron chi connectivity index (χ2n) is 29.2. The van der Waals surface area contributed by atoms with Gasteiger partial charge in [0, 0.05) is 45.9 Å². The summed E-state index contributed by atoms with van der Waals surface area (Å²) < 4.78 is 9.67. The first kappa shape index (κ1) is 55.2. The molecule has 9 aromatic rings. The number of ether oxygens (including phenoxy) is 1. The Kier molecular flexibility index (Phi) is 13.9. The number of pyridine rings is 1. The third-order valence-corrected chi connectivity index (χ3v) is 15.8. The molecular weight excluding hydrogens is 961 g/mol. The maximum absolute atomic E-state index is 7.31. The second-order valence-corrected chi connectivity index (χ2v) is 29.2. The molecule has 0 radical (unpaired) electrons. The first-order valence-corrected chi connectivity index (χ1v) is 28.8. The Balaban J connectivity index is 1.12. The van der Waals surface area contributed by atoms with E-state index in [2.05, 4.69) is 291 Å². The fraction of sp³-hybridized carbons (Fsp3) is 0.365. The lowest BCUT2D eigenvalue weighted by Gasteiger charge is -2.31. The van der Waals surface area contributed by atoms with E-state index in [1.165, 1.54) is 77.8 Å². The molecule has 2 aromatic heterocycles. The quantitative estimate of drug-likeness (QED) is 0.144. The molecule has 0 fully saturated rings. The minimum atomic E-state index is -0.0951. The first-order valence-electron chi connectivity index (χ1n) is 28.8. The topological polar surface area (TPSA) is 33.5 Å². The van der Waals surface area contributed by atoms with Gasteiger partial charge < -0.3 is 14.5 Å². The highest BCUT2D eigenvalue weighted by atomic mass is 16.5. The van der Waals surface area contributed by atoms with Crippen molar-refractivity contribution in [1.82, 2.24) is 9.55 Å². The van der Waals surface area contributed by atoms with E-state index in [1.807, 2.05) is 6.20 Å². The molecular formula is C74H86N4O. The zero-order chi connectivity index (χ0) is 56.8. The lowest BCUT2D eigenvalue weighted by atomic mass is 9.80. The average molecular weight is 1050 g/mol. The monoisotopic (exact) mass is 1050 g/mol. The molecule has 7 aromatic carbocycles. The van der Waals surface area contributed by atoms with Crippen molar-refractivity contribution in [3.8, 4) is 39.6 Å². The second kappa shape index (κ2) is 19.9. The number of benzene rings is 7. The van der Waals surface area contributed by atoms with Crippen LogP contribution in [0.1, 0.15) is 158 Å². The van der Waals surface area contributed by atoms with Crippen LogP contribution in [0.15, 0.2) is 158 Å². The number of aromatic nitrogens is 2. The number of hydrogen-bond donors (Lipinski definition) is 0. The van der Waals surface area contributed by atoms with Crippen molar-refractivity contribution in [3.05, 3.63) is 191 Å². The van der Waals surface area contributed by atoms with Crippen LogP contribution in [0.4, 0.5) is 22.7 Å². The Labute approximate surface area is 473 Å². The molecule has 79 heavy (non-hydrogen) atoms. The molecule has 0 aliphatic carbocycles. The van der Waals surface area contributed by atoms with Crippen LogP contribution < -0.4 is 14.5 Å². The van der Waals surface area contributed by atoms with E-state index in [0.717, 1.165) is 52.6 Å². The van der Waals surface area contributed by atoms with Crippen LogP contribution >= 0.6 is 0 Å². The highest BCUT2D eigenvalue weighted by Crippen LogP contribution is 2.52. The fourth-order valence-electron chi connectivity index (χ4n) is 11.5. The van der Waals surface area contributed by atoms with E-state index in [9.17, 15) is 0 Å². The van der Waals surface area contributed by atoms with E-state index < -0.39 is 0 Å². The van der Waals surface area contributed by atoms with Crippen LogP contribution in [0, 0.1) is 10.8 Å². The predicted octanol–water partition coefficient (Wildman–Crippen LogP) is 20.9. The molecule has 0 unspecified atom stereocenters. The van der Waals surface area contributed by atoms with E-state index in [4.69, 9.17) is 9.72 Å². The number of rotatable bonds is 9. The molecule has 1 aliphatic rings. The van der Waals surface area contributed by atoms with Crippen LogP contribution in [0.25, 0.3) is 49.9 Å². The molecule has 0 saturated carbocycles. The largest absolute Gasteiger partial charge is 0.457 e. The Morgan fingerprint density at radius 1 is 0.443 bits per heavy atom. The van der Waals surface area contributed by atoms with Gasteiger partial charge in [0.2, 0.25) is 0 Å². The van der Waals surface area contributed by atoms with Gasteiger partial charge in [0.25, 0.3) is 0 Å². The smallest absolute Gasteiger partial charge is 0.137 e. The van der Waals surface area contributed by atoms with Gasteiger partial charge in [-0.3, -0.25) is 4.57 Å². The number of hydrogen-bond acceptors (Lipinski definition) is 4. The maximum Gasteiger partial charge on any atom is 0.137 e. The molecule has 0 atom stereocenters. The Hall–Kier alpha value is -7.11. The minimum Gasteiger partial charge on any atom is -0.457 e. The van der Waals surface area contributed by atoms with Crippen molar-refractivity contribution in [2.75, 3.05) is 16.5 Å². The molecule has 3 heterocycles. The van der Waals surface area contributed by atoms with Crippen LogP contribution in [-0.2, 0) is 34.5 Å². The van der Waals surface area contributed by atoms with Gasteiger partial charge in [0.05, 0.1) is 28.1 Å². The predicted molar refractivity (Wildman–Crippen MR) is 339 cm³/mol. The Bertz CT molecular complexity index is 3740. The molecule has 0 bridgehead atoms. The van der Waals surface area contributed by atoms with Crippen LogP contribution in [0.3, 0.4) is 0 Å². The minimum absolute atomic E-state index is 0.000196. The van der Waals surface area contributed by atoms with Crippen molar-refractivity contribution in [2.45, 2.75) is 159 Å². The summed E-state index contributed by atoms with van der Waals surface area (Å²) in [7, 11) is 0. The Morgan fingerprint density at radius 2 is 1.04 bits per heavy atom. The van der Waals surface area contributed by atoms with Gasteiger partial charge in [-0.15, -0.1) is 0 Å². The molecule has 5 nitrogen and oxygen atoms in total. The van der Waals surface area contributed by atoms with Crippen molar-refractivity contribution in [1.29, 1.82) is 0 Å². The summed E-state index contributed by atoms with van der Waals surface area (Å²) in [5, 5.41) is 2.45. The van der Waals surface area contributed by atoms with Gasteiger partial charge >= 0.3 is 0 Å². The fourth-order valence-corrected chi connectivity index (χ4v) is 11.5. The lowest BCUT2D eigenvalue weighted by molar-refractivity contribution is 0.398. The summed E-state index contributed by atoms with van der Waals surface area (Å²) in [6, 6.07) is 57.3. The summed E-state index contributed by atoms with van der Waals surface area (Å²) in [6.45, 7) is 42.2. The van der Waals surface area contributed by atoms with Crippen molar-refractivity contribution >= 4 is 44.6 Å². The normalized spacial score (nSPS) is 13.7. The Morgan fingerprint density at radius 3 is 1.67 bits per heavy atom. The SMILES string of the molecule is CC(C)(C)Cc1ccc2c(c1)c1cc(CC(C)(C)C)c(Oc3cccc(N4CN(c5c(-c6ccc(C(C)(C)C)cc6)cc(C(C)(C)C)cc5-c5cccc(C(C)(C)C)c5)c5ccccc54)c3)cc1n2-c1cc(C(C)(C)C)ccn1. The van der Waals surface area contributed by atoms with Gasteiger partial charge in [-0.05, 0) is 157 Å². The van der Waals surface area contributed by atoms with Crippen molar-refractivity contribution in [2.24, 2.45) is 10.8 Å². The third kappa shape index (κ3) is 11.5. The number of para-hydroxylation sites is 2. The van der Waals surface area contributed by atoms with Gasteiger partial charge in [0.1, 0.15) is 24.0 Å². The van der Waals surface area contributed by atoms with Crippen LogP contribution in [-0.4, -0.2) is 16.2 Å². The molecule has 10 rings (SSSR count). The van der Waals surface area contributed by atoms with E-state index >= 15 is 0 Å². The molecule has 0 spiro atoms. The first-order chi connectivity index (χ1) is 36.9. The number of fused-ring (bicyclic) bond motifs is 4. The maximum atomic E-state index is 7.31. The summed E-state index contributed by atoms with van der Waals surface area (Å²) >= 11 is 0. The van der Waals surface area contributed by atoms with Crippen molar-refractivity contribution in [3.63, 3.8) is 0 Å².